The standard InChI is InChI=1S/C47H30N2O/c1-3-14-31(15-4-1)42-30-43(49-46(48-42)32-16-5-2-6-17-32)35-19-13-18-33(28-35)34-26-27-45-41(29-34)47(40-24-11-12-25-44(40)50-45)38-22-9-7-20-36(38)37-21-8-10-23-39(37)47/h1-30H. The number of rotatable bonds is 4. The quantitative estimate of drug-likeness (QED) is 0.192. The lowest BCUT2D eigenvalue weighted by Crippen LogP contribution is -2.32. The number of benzene rings is 7. The lowest BCUT2D eigenvalue weighted by Gasteiger charge is -2.39. The Bertz CT molecular complexity index is 2470. The molecule has 0 amide bonds. The van der Waals surface area contributed by atoms with Gasteiger partial charge in [-0.2, -0.15) is 0 Å². The Morgan fingerprint density at radius 1 is 0.340 bits per heavy atom. The molecule has 10 rings (SSSR count). The van der Waals surface area contributed by atoms with Gasteiger partial charge >= 0.3 is 0 Å². The van der Waals surface area contributed by atoms with Gasteiger partial charge in [-0.1, -0.05) is 152 Å². The van der Waals surface area contributed by atoms with E-state index in [4.69, 9.17) is 14.7 Å². The van der Waals surface area contributed by atoms with Gasteiger partial charge in [0.2, 0.25) is 0 Å². The molecule has 0 atom stereocenters. The van der Waals surface area contributed by atoms with Gasteiger partial charge in [0, 0.05) is 27.8 Å². The van der Waals surface area contributed by atoms with Crippen LogP contribution in [-0.4, -0.2) is 9.97 Å². The summed E-state index contributed by atoms with van der Waals surface area (Å²) in [5, 5.41) is 0. The fourth-order valence-corrected chi connectivity index (χ4v) is 7.96. The van der Waals surface area contributed by atoms with Crippen molar-refractivity contribution in [1.29, 1.82) is 0 Å². The Labute approximate surface area is 291 Å². The first-order chi connectivity index (χ1) is 24.8. The van der Waals surface area contributed by atoms with Crippen LogP contribution in [0.5, 0.6) is 11.5 Å². The van der Waals surface area contributed by atoms with Crippen LogP contribution in [0.1, 0.15) is 22.3 Å². The van der Waals surface area contributed by atoms with Crippen molar-refractivity contribution < 1.29 is 4.74 Å². The molecule has 1 aliphatic heterocycles. The van der Waals surface area contributed by atoms with E-state index in [9.17, 15) is 0 Å². The largest absolute Gasteiger partial charge is 0.457 e. The summed E-state index contributed by atoms with van der Waals surface area (Å²) >= 11 is 0. The lowest BCUT2D eigenvalue weighted by molar-refractivity contribution is 0.436. The highest BCUT2D eigenvalue weighted by molar-refractivity contribution is 5.89. The second-order valence-electron chi connectivity index (χ2n) is 12.9. The van der Waals surface area contributed by atoms with Gasteiger partial charge in [-0.25, -0.2) is 9.97 Å². The molecule has 0 unspecified atom stereocenters. The zero-order valence-electron chi connectivity index (χ0n) is 27.1. The number of para-hydroxylation sites is 1. The highest BCUT2D eigenvalue weighted by Gasteiger charge is 2.50. The summed E-state index contributed by atoms with van der Waals surface area (Å²) in [6.07, 6.45) is 0. The van der Waals surface area contributed by atoms with E-state index in [1.165, 1.54) is 27.8 Å². The molecule has 0 saturated carbocycles. The first-order valence-electron chi connectivity index (χ1n) is 17.0. The van der Waals surface area contributed by atoms with Gasteiger partial charge in [-0.3, -0.25) is 0 Å². The molecule has 0 fully saturated rings. The number of fused-ring (bicyclic) bond motifs is 9. The molecule has 1 spiro atoms. The highest BCUT2D eigenvalue weighted by atomic mass is 16.5. The van der Waals surface area contributed by atoms with Crippen LogP contribution in [0.25, 0.3) is 56.2 Å². The van der Waals surface area contributed by atoms with Gasteiger partial charge < -0.3 is 4.74 Å². The number of ether oxygens (including phenoxy) is 1. The molecule has 0 N–H and O–H groups in total. The predicted molar refractivity (Wildman–Crippen MR) is 201 cm³/mol. The first-order valence-corrected chi connectivity index (χ1v) is 17.0. The SMILES string of the molecule is c1ccc(-c2cc(-c3cccc(-c4ccc5c(c4)C4(c6ccccc6O5)c5ccccc5-c5ccccc54)c3)nc(-c3ccccc3)n2)cc1. The fourth-order valence-electron chi connectivity index (χ4n) is 7.96. The van der Waals surface area contributed by atoms with Crippen LogP contribution >= 0.6 is 0 Å². The average Bonchev–Trinajstić information content (AvgIpc) is 3.49. The third-order valence-electron chi connectivity index (χ3n) is 10.2. The lowest BCUT2D eigenvalue weighted by atomic mass is 9.66. The zero-order chi connectivity index (χ0) is 33.1. The third-order valence-corrected chi connectivity index (χ3v) is 10.2. The smallest absolute Gasteiger partial charge is 0.160 e. The maximum atomic E-state index is 6.67. The normalized spacial score (nSPS) is 13.1. The van der Waals surface area contributed by atoms with Crippen molar-refractivity contribution in [3.05, 3.63) is 204 Å². The van der Waals surface area contributed by atoms with Gasteiger partial charge in [-0.15, -0.1) is 0 Å². The van der Waals surface area contributed by atoms with Crippen LogP contribution in [0.3, 0.4) is 0 Å². The molecule has 234 valence electrons. The van der Waals surface area contributed by atoms with E-state index >= 15 is 0 Å². The average molecular weight is 639 g/mol. The molecule has 3 heteroatoms. The molecule has 8 aromatic rings. The fraction of sp³-hybridized carbons (Fsp3) is 0.0213. The van der Waals surface area contributed by atoms with Crippen LogP contribution in [-0.2, 0) is 5.41 Å². The Balaban J connectivity index is 1.15. The minimum atomic E-state index is -0.507. The number of hydrogen-bond donors (Lipinski definition) is 0. The van der Waals surface area contributed by atoms with Crippen LogP contribution in [0.4, 0.5) is 0 Å². The van der Waals surface area contributed by atoms with E-state index in [1.807, 2.05) is 36.4 Å². The van der Waals surface area contributed by atoms with Crippen LogP contribution in [0.2, 0.25) is 0 Å². The third kappa shape index (κ3) is 4.30. The zero-order valence-corrected chi connectivity index (χ0v) is 27.1. The first kappa shape index (κ1) is 28.4. The minimum absolute atomic E-state index is 0.507. The van der Waals surface area contributed by atoms with E-state index in [0.29, 0.717) is 5.82 Å². The molecular formula is C47H30N2O. The number of aromatic nitrogens is 2. The molecule has 1 aliphatic carbocycles. The van der Waals surface area contributed by atoms with Gasteiger partial charge in [-0.05, 0) is 63.7 Å². The Hall–Kier alpha value is -6.58. The second kappa shape index (κ2) is 11.3. The van der Waals surface area contributed by atoms with Gasteiger partial charge in [0.1, 0.15) is 11.5 Å². The molecule has 0 saturated heterocycles. The van der Waals surface area contributed by atoms with Crippen LogP contribution < -0.4 is 4.74 Å². The maximum Gasteiger partial charge on any atom is 0.160 e. The summed E-state index contributed by atoms with van der Waals surface area (Å²) in [7, 11) is 0. The van der Waals surface area contributed by atoms with Crippen molar-refractivity contribution in [3.8, 4) is 67.7 Å². The van der Waals surface area contributed by atoms with E-state index in [2.05, 4.69) is 146 Å². The molecule has 1 aromatic heterocycles. The van der Waals surface area contributed by atoms with E-state index in [-0.39, 0.29) is 0 Å². The summed E-state index contributed by atoms with van der Waals surface area (Å²) in [4.78, 5) is 10.1. The van der Waals surface area contributed by atoms with Gasteiger partial charge in [0.25, 0.3) is 0 Å². The number of nitrogens with zero attached hydrogens (tertiary/aromatic N) is 2. The van der Waals surface area contributed by atoms with Crippen molar-refractivity contribution in [2.45, 2.75) is 5.41 Å². The molecule has 2 aliphatic rings. The summed E-state index contributed by atoms with van der Waals surface area (Å²) in [6, 6.07) is 64.2. The second-order valence-corrected chi connectivity index (χ2v) is 12.9. The van der Waals surface area contributed by atoms with Crippen molar-refractivity contribution in [2.24, 2.45) is 0 Å². The summed E-state index contributed by atoms with van der Waals surface area (Å²) in [5.41, 5.74) is 14.0. The maximum absolute atomic E-state index is 6.67. The molecule has 0 bridgehead atoms. The predicted octanol–water partition coefficient (Wildman–Crippen LogP) is 11.6. The van der Waals surface area contributed by atoms with Crippen LogP contribution in [0.15, 0.2) is 182 Å². The molecular weight excluding hydrogens is 609 g/mol. The van der Waals surface area contributed by atoms with Crippen molar-refractivity contribution in [3.63, 3.8) is 0 Å². The Kier molecular flexibility index (Phi) is 6.40. The molecule has 50 heavy (non-hydrogen) atoms. The van der Waals surface area contributed by atoms with Gasteiger partial charge in [0.05, 0.1) is 16.8 Å². The summed E-state index contributed by atoms with van der Waals surface area (Å²) in [5.74, 6) is 2.48. The summed E-state index contributed by atoms with van der Waals surface area (Å²) < 4.78 is 6.67. The van der Waals surface area contributed by atoms with Crippen LogP contribution in [0, 0.1) is 0 Å². The van der Waals surface area contributed by atoms with Crippen molar-refractivity contribution in [2.75, 3.05) is 0 Å². The van der Waals surface area contributed by atoms with E-state index in [1.54, 1.807) is 0 Å². The minimum Gasteiger partial charge on any atom is -0.457 e. The Morgan fingerprint density at radius 2 is 0.860 bits per heavy atom. The van der Waals surface area contributed by atoms with Crippen molar-refractivity contribution in [1.82, 2.24) is 9.97 Å². The summed E-state index contributed by atoms with van der Waals surface area (Å²) in [6.45, 7) is 0. The van der Waals surface area contributed by atoms with Gasteiger partial charge in [0.15, 0.2) is 5.82 Å². The number of hydrogen-bond acceptors (Lipinski definition) is 3. The molecule has 7 aromatic carbocycles. The molecule has 3 nitrogen and oxygen atoms in total. The van der Waals surface area contributed by atoms with E-state index < -0.39 is 5.41 Å². The molecule has 0 radical (unpaired) electrons. The van der Waals surface area contributed by atoms with Crippen molar-refractivity contribution >= 4 is 0 Å². The molecule has 2 heterocycles. The highest BCUT2D eigenvalue weighted by Crippen LogP contribution is 2.62. The topological polar surface area (TPSA) is 35.0 Å². The van der Waals surface area contributed by atoms with E-state index in [0.717, 1.165) is 56.3 Å². The Morgan fingerprint density at radius 3 is 1.58 bits per heavy atom. The monoisotopic (exact) mass is 638 g/mol.